The van der Waals surface area contributed by atoms with Crippen LogP contribution in [-0.2, 0) is 11.3 Å². The molecule has 142 valence electrons. The minimum absolute atomic E-state index is 0.0870. The van der Waals surface area contributed by atoms with Gasteiger partial charge in [0.15, 0.2) is 0 Å². The van der Waals surface area contributed by atoms with Gasteiger partial charge in [-0.05, 0) is 25.1 Å². The second kappa shape index (κ2) is 7.38. The van der Waals surface area contributed by atoms with E-state index in [0.29, 0.717) is 25.5 Å². The Balaban J connectivity index is 1.66. The molecule has 0 aliphatic carbocycles. The smallest absolute Gasteiger partial charge is 0.272 e. The minimum atomic E-state index is -0.734. The third kappa shape index (κ3) is 3.87. The van der Waals surface area contributed by atoms with Gasteiger partial charge in [0.2, 0.25) is 0 Å². The van der Waals surface area contributed by atoms with Crippen LogP contribution in [0.2, 0.25) is 0 Å². The fraction of sp³-hybridized carbons (Fsp3) is 0.316. The van der Waals surface area contributed by atoms with E-state index in [9.17, 15) is 13.6 Å². The quantitative estimate of drug-likeness (QED) is 0.709. The van der Waals surface area contributed by atoms with Crippen LogP contribution in [0.25, 0.3) is 10.2 Å². The molecule has 1 aliphatic rings. The van der Waals surface area contributed by atoms with Gasteiger partial charge in [-0.2, -0.15) is 0 Å². The van der Waals surface area contributed by atoms with Crippen LogP contribution in [-0.4, -0.2) is 42.1 Å². The van der Waals surface area contributed by atoms with E-state index in [1.165, 1.54) is 0 Å². The van der Waals surface area contributed by atoms with Crippen molar-refractivity contribution in [3.63, 3.8) is 0 Å². The molecule has 1 amide bonds. The Morgan fingerprint density at radius 3 is 2.63 bits per heavy atom. The molecule has 3 heterocycles. The molecule has 2 aromatic heterocycles. The maximum absolute atomic E-state index is 13.4. The van der Waals surface area contributed by atoms with Crippen LogP contribution in [0.3, 0.4) is 0 Å². The number of fused-ring (bicyclic) bond motifs is 1. The van der Waals surface area contributed by atoms with Crippen molar-refractivity contribution < 1.29 is 18.3 Å². The number of hydrogen-bond acceptors (Lipinski definition) is 4. The van der Waals surface area contributed by atoms with Gasteiger partial charge < -0.3 is 15.0 Å². The van der Waals surface area contributed by atoms with Crippen LogP contribution in [0.1, 0.15) is 20.9 Å². The van der Waals surface area contributed by atoms with Crippen molar-refractivity contribution >= 4 is 33.1 Å². The Morgan fingerprint density at radius 2 is 1.93 bits per heavy atom. The maximum atomic E-state index is 13.4. The molecule has 0 bridgehead atoms. The first-order chi connectivity index (χ1) is 13.0. The van der Waals surface area contributed by atoms with Gasteiger partial charge in [0, 0.05) is 41.8 Å². The summed E-state index contributed by atoms with van der Waals surface area (Å²) in [5.74, 6) is -1.88. The summed E-state index contributed by atoms with van der Waals surface area (Å²) in [5.41, 5.74) is 2.31. The van der Waals surface area contributed by atoms with Gasteiger partial charge in [-0.15, -0.1) is 11.3 Å². The molecule has 2 N–H and O–H groups in total. The number of benzene rings is 1. The second-order valence-corrected chi connectivity index (χ2v) is 7.84. The van der Waals surface area contributed by atoms with Gasteiger partial charge in [-0.3, -0.25) is 9.69 Å². The number of aromatic amines is 1. The summed E-state index contributed by atoms with van der Waals surface area (Å²) in [6, 6.07) is 4.96. The highest BCUT2D eigenvalue weighted by Gasteiger charge is 2.23. The number of carbonyl (C=O) groups is 1. The summed E-state index contributed by atoms with van der Waals surface area (Å²) in [6.07, 6.45) is 0. The lowest BCUT2D eigenvalue weighted by Crippen LogP contribution is -2.36. The van der Waals surface area contributed by atoms with Crippen LogP contribution in [0.5, 0.6) is 0 Å². The molecule has 1 aliphatic heterocycles. The van der Waals surface area contributed by atoms with Gasteiger partial charge in [0.25, 0.3) is 5.91 Å². The SMILES string of the molecule is Cc1cc2[nH]c(C(=O)Nc3cc(F)cc(F)c3)c(CN3CCOCC3)c2s1. The molecule has 0 unspecified atom stereocenters. The zero-order chi connectivity index (χ0) is 19.0. The lowest BCUT2D eigenvalue weighted by Gasteiger charge is -2.26. The van der Waals surface area contributed by atoms with Crippen LogP contribution < -0.4 is 5.32 Å². The Hall–Kier alpha value is -2.29. The number of rotatable bonds is 4. The number of aryl methyl sites for hydroxylation is 1. The lowest BCUT2D eigenvalue weighted by atomic mass is 10.2. The number of nitrogens with one attached hydrogen (secondary N) is 2. The average Bonchev–Trinajstić information content (AvgIpc) is 3.12. The van der Waals surface area contributed by atoms with Crippen molar-refractivity contribution in [2.75, 3.05) is 31.6 Å². The fourth-order valence-corrected chi connectivity index (χ4v) is 4.31. The first kappa shape index (κ1) is 18.1. The highest BCUT2D eigenvalue weighted by molar-refractivity contribution is 7.19. The average molecular weight is 391 g/mol. The van der Waals surface area contributed by atoms with Crippen LogP contribution in [0, 0.1) is 18.6 Å². The van der Waals surface area contributed by atoms with Gasteiger partial charge in [-0.1, -0.05) is 0 Å². The number of morpholine rings is 1. The monoisotopic (exact) mass is 391 g/mol. The lowest BCUT2D eigenvalue weighted by molar-refractivity contribution is 0.0343. The maximum Gasteiger partial charge on any atom is 0.272 e. The first-order valence-corrected chi connectivity index (χ1v) is 9.50. The molecule has 0 spiro atoms. The van der Waals surface area contributed by atoms with Crippen molar-refractivity contribution in [2.24, 2.45) is 0 Å². The number of carbonyl (C=O) groups excluding carboxylic acids is 1. The number of amides is 1. The van der Waals surface area contributed by atoms with Crippen molar-refractivity contribution in [3.8, 4) is 0 Å². The molecule has 1 saturated heterocycles. The van der Waals surface area contributed by atoms with E-state index in [1.807, 2.05) is 13.0 Å². The summed E-state index contributed by atoms with van der Waals surface area (Å²) >= 11 is 1.63. The molecule has 3 aromatic rings. The zero-order valence-corrected chi connectivity index (χ0v) is 15.6. The van der Waals surface area contributed by atoms with E-state index < -0.39 is 17.5 Å². The Bertz CT molecular complexity index is 972. The molecule has 0 radical (unpaired) electrons. The Labute approximate surface area is 158 Å². The minimum Gasteiger partial charge on any atom is -0.379 e. The topological polar surface area (TPSA) is 57.4 Å². The van der Waals surface area contributed by atoms with E-state index in [4.69, 9.17) is 4.74 Å². The molecule has 27 heavy (non-hydrogen) atoms. The number of aromatic nitrogens is 1. The molecule has 1 aromatic carbocycles. The van der Waals surface area contributed by atoms with Crippen molar-refractivity contribution in [3.05, 3.63) is 52.0 Å². The summed E-state index contributed by atoms with van der Waals surface area (Å²) in [5, 5.41) is 2.59. The number of halogens is 2. The molecular formula is C19H19F2N3O2S. The van der Waals surface area contributed by atoms with E-state index in [2.05, 4.69) is 15.2 Å². The predicted octanol–water partition coefficient (Wildman–Crippen LogP) is 3.90. The fourth-order valence-electron chi connectivity index (χ4n) is 3.30. The Morgan fingerprint density at radius 1 is 1.22 bits per heavy atom. The van der Waals surface area contributed by atoms with Crippen molar-refractivity contribution in [2.45, 2.75) is 13.5 Å². The molecular weight excluding hydrogens is 372 g/mol. The number of H-pyrrole nitrogens is 1. The molecule has 0 saturated carbocycles. The third-order valence-corrected chi connectivity index (χ3v) is 5.63. The molecule has 4 rings (SSSR count). The molecule has 5 nitrogen and oxygen atoms in total. The van der Waals surface area contributed by atoms with Crippen LogP contribution in [0.4, 0.5) is 14.5 Å². The summed E-state index contributed by atoms with van der Waals surface area (Å²) < 4.78 is 33.3. The van der Waals surface area contributed by atoms with Gasteiger partial charge >= 0.3 is 0 Å². The Kier molecular flexibility index (Phi) is 4.94. The second-order valence-electron chi connectivity index (χ2n) is 6.58. The number of anilines is 1. The van der Waals surface area contributed by atoms with Crippen molar-refractivity contribution in [1.82, 2.24) is 9.88 Å². The number of thiophene rings is 1. The normalized spacial score (nSPS) is 15.4. The summed E-state index contributed by atoms with van der Waals surface area (Å²) in [4.78, 5) is 19.4. The number of ether oxygens (including phenoxy) is 1. The first-order valence-electron chi connectivity index (χ1n) is 8.68. The predicted molar refractivity (Wildman–Crippen MR) is 101 cm³/mol. The zero-order valence-electron chi connectivity index (χ0n) is 14.8. The summed E-state index contributed by atoms with van der Waals surface area (Å²) in [7, 11) is 0. The van der Waals surface area contributed by atoms with Crippen LogP contribution >= 0.6 is 11.3 Å². The standard InChI is InChI=1S/C19H19F2N3O2S/c1-11-6-16-18(27-11)15(10-24-2-4-26-5-3-24)17(23-16)19(25)22-14-8-12(20)7-13(21)9-14/h6-9,23H,2-5,10H2,1H3,(H,22,25). The van der Waals surface area contributed by atoms with Crippen LogP contribution in [0.15, 0.2) is 24.3 Å². The summed E-state index contributed by atoms with van der Waals surface area (Å²) in [6.45, 7) is 5.57. The number of nitrogens with zero attached hydrogens (tertiary/aromatic N) is 1. The van der Waals surface area contributed by atoms with Gasteiger partial charge in [-0.25, -0.2) is 8.78 Å². The van der Waals surface area contributed by atoms with E-state index >= 15 is 0 Å². The molecule has 8 heteroatoms. The van der Waals surface area contributed by atoms with Gasteiger partial charge in [0.1, 0.15) is 17.3 Å². The van der Waals surface area contributed by atoms with E-state index in [-0.39, 0.29) is 5.69 Å². The largest absolute Gasteiger partial charge is 0.379 e. The highest BCUT2D eigenvalue weighted by atomic mass is 32.1. The highest BCUT2D eigenvalue weighted by Crippen LogP contribution is 2.32. The van der Waals surface area contributed by atoms with Crippen molar-refractivity contribution in [1.29, 1.82) is 0 Å². The van der Waals surface area contributed by atoms with E-state index in [0.717, 1.165) is 51.9 Å². The number of hydrogen-bond donors (Lipinski definition) is 2. The van der Waals surface area contributed by atoms with E-state index in [1.54, 1.807) is 11.3 Å². The molecule has 0 atom stereocenters. The van der Waals surface area contributed by atoms with Gasteiger partial charge in [0.05, 0.1) is 23.4 Å². The molecule has 1 fully saturated rings. The third-order valence-electron chi connectivity index (χ3n) is 4.52.